The Balaban J connectivity index is 2.34. The molecule has 2 heteroatoms. The Kier molecular flexibility index (Phi) is 2.41. The monoisotopic (exact) mass is 234 g/mol. The van der Waals surface area contributed by atoms with E-state index in [4.69, 9.17) is 11.5 Å². The fraction of sp³-hybridized carbons (Fsp3) is 0. The van der Waals surface area contributed by atoms with Gasteiger partial charge in [-0.25, -0.2) is 0 Å². The van der Waals surface area contributed by atoms with Crippen LogP contribution in [0.4, 0.5) is 11.4 Å². The van der Waals surface area contributed by atoms with Crippen LogP contribution in [0.15, 0.2) is 60.7 Å². The summed E-state index contributed by atoms with van der Waals surface area (Å²) in [5.41, 5.74) is 15.7. The molecular formula is C16H14N2. The molecule has 0 aliphatic heterocycles. The van der Waals surface area contributed by atoms with E-state index in [9.17, 15) is 0 Å². The second-order valence-electron chi connectivity index (χ2n) is 4.34. The molecule has 0 aromatic heterocycles. The second kappa shape index (κ2) is 4.08. The summed E-state index contributed by atoms with van der Waals surface area (Å²) in [7, 11) is 0. The number of rotatable bonds is 1. The molecular weight excluding hydrogens is 220 g/mol. The highest BCUT2D eigenvalue weighted by Crippen LogP contribution is 2.36. The van der Waals surface area contributed by atoms with Gasteiger partial charge in [-0.2, -0.15) is 0 Å². The summed E-state index contributed by atoms with van der Waals surface area (Å²) in [5.74, 6) is 0. The molecule has 0 aliphatic rings. The Labute approximate surface area is 106 Å². The number of hydrogen-bond acceptors (Lipinski definition) is 2. The average molecular weight is 234 g/mol. The largest absolute Gasteiger partial charge is 0.397 e. The van der Waals surface area contributed by atoms with Crippen LogP contribution in [0.25, 0.3) is 21.9 Å². The minimum absolute atomic E-state index is 0.653. The van der Waals surface area contributed by atoms with Gasteiger partial charge in [-0.1, -0.05) is 54.6 Å². The lowest BCUT2D eigenvalue weighted by Crippen LogP contribution is -1.98. The van der Waals surface area contributed by atoms with Crippen molar-refractivity contribution in [3.05, 3.63) is 60.7 Å². The first kappa shape index (κ1) is 10.7. The van der Waals surface area contributed by atoms with Crippen LogP contribution in [0.2, 0.25) is 0 Å². The van der Waals surface area contributed by atoms with Crippen LogP contribution < -0.4 is 11.5 Å². The molecule has 0 saturated carbocycles. The Morgan fingerprint density at radius 3 is 2.11 bits per heavy atom. The van der Waals surface area contributed by atoms with Crippen molar-refractivity contribution < 1.29 is 0 Å². The Hall–Kier alpha value is -2.48. The zero-order valence-corrected chi connectivity index (χ0v) is 9.93. The van der Waals surface area contributed by atoms with E-state index in [0.29, 0.717) is 11.4 Å². The molecule has 0 spiro atoms. The first-order valence-corrected chi connectivity index (χ1v) is 5.89. The van der Waals surface area contributed by atoms with E-state index < -0.39 is 0 Å². The lowest BCUT2D eigenvalue weighted by molar-refractivity contribution is 1.63. The quantitative estimate of drug-likeness (QED) is 0.631. The molecule has 3 rings (SSSR count). The number of hydrogen-bond donors (Lipinski definition) is 2. The summed E-state index contributed by atoms with van der Waals surface area (Å²) in [6.07, 6.45) is 0. The van der Waals surface area contributed by atoms with Crippen LogP contribution in [0.3, 0.4) is 0 Å². The van der Waals surface area contributed by atoms with Gasteiger partial charge in [-0.3, -0.25) is 0 Å². The first-order valence-electron chi connectivity index (χ1n) is 5.89. The fourth-order valence-corrected chi connectivity index (χ4v) is 2.25. The van der Waals surface area contributed by atoms with Crippen molar-refractivity contribution in [2.24, 2.45) is 0 Å². The molecule has 0 radical (unpaired) electrons. The van der Waals surface area contributed by atoms with Crippen molar-refractivity contribution in [2.45, 2.75) is 0 Å². The summed E-state index contributed by atoms with van der Waals surface area (Å²) in [6, 6.07) is 20.2. The maximum absolute atomic E-state index is 6.16. The number of anilines is 2. The summed E-state index contributed by atoms with van der Waals surface area (Å²) in [5, 5.41) is 2.12. The van der Waals surface area contributed by atoms with Crippen LogP contribution >= 0.6 is 0 Å². The third kappa shape index (κ3) is 1.59. The fourth-order valence-electron chi connectivity index (χ4n) is 2.25. The minimum Gasteiger partial charge on any atom is -0.397 e. The first-order chi connectivity index (χ1) is 8.77. The van der Waals surface area contributed by atoms with E-state index in [2.05, 4.69) is 12.1 Å². The molecule has 0 atom stereocenters. The van der Waals surface area contributed by atoms with Crippen LogP contribution in [0, 0.1) is 0 Å². The van der Waals surface area contributed by atoms with E-state index in [1.54, 1.807) is 0 Å². The Morgan fingerprint density at radius 2 is 1.33 bits per heavy atom. The minimum atomic E-state index is 0.653. The van der Waals surface area contributed by atoms with Crippen molar-refractivity contribution in [2.75, 3.05) is 11.5 Å². The highest BCUT2D eigenvalue weighted by atomic mass is 14.7. The SMILES string of the molecule is Nc1c(-c2ccccc2)cc2ccccc2c1N. The van der Waals surface area contributed by atoms with E-state index in [-0.39, 0.29) is 0 Å². The second-order valence-corrected chi connectivity index (χ2v) is 4.34. The summed E-state index contributed by atoms with van der Waals surface area (Å²) >= 11 is 0. The standard InChI is InChI=1S/C16H14N2/c17-15-13-9-5-4-8-12(13)10-14(16(15)18)11-6-2-1-3-7-11/h1-10H,17-18H2. The van der Waals surface area contributed by atoms with Crippen molar-refractivity contribution in [1.82, 2.24) is 0 Å². The highest BCUT2D eigenvalue weighted by molar-refractivity contribution is 6.04. The van der Waals surface area contributed by atoms with Gasteiger partial charge in [0, 0.05) is 10.9 Å². The van der Waals surface area contributed by atoms with Crippen molar-refractivity contribution in [1.29, 1.82) is 0 Å². The van der Waals surface area contributed by atoms with Gasteiger partial charge in [0.15, 0.2) is 0 Å². The van der Waals surface area contributed by atoms with Gasteiger partial charge < -0.3 is 11.5 Å². The topological polar surface area (TPSA) is 52.0 Å². The Bertz CT molecular complexity index is 703. The van der Waals surface area contributed by atoms with Gasteiger partial charge in [-0.05, 0) is 17.0 Å². The molecule has 18 heavy (non-hydrogen) atoms. The molecule has 0 saturated heterocycles. The highest BCUT2D eigenvalue weighted by Gasteiger charge is 2.09. The van der Waals surface area contributed by atoms with E-state index >= 15 is 0 Å². The molecule has 0 heterocycles. The maximum atomic E-state index is 6.16. The van der Waals surface area contributed by atoms with Gasteiger partial charge in [0.2, 0.25) is 0 Å². The summed E-state index contributed by atoms with van der Waals surface area (Å²) in [4.78, 5) is 0. The lowest BCUT2D eigenvalue weighted by Gasteiger charge is -2.12. The molecule has 0 amide bonds. The number of benzene rings is 3. The Morgan fingerprint density at radius 1 is 0.667 bits per heavy atom. The zero-order valence-electron chi connectivity index (χ0n) is 9.93. The predicted molar refractivity (Wildman–Crippen MR) is 78.2 cm³/mol. The summed E-state index contributed by atoms with van der Waals surface area (Å²) < 4.78 is 0. The van der Waals surface area contributed by atoms with Gasteiger partial charge in [0.05, 0.1) is 11.4 Å². The molecule has 0 unspecified atom stereocenters. The van der Waals surface area contributed by atoms with Crippen LogP contribution in [-0.4, -0.2) is 0 Å². The van der Waals surface area contributed by atoms with E-state index in [0.717, 1.165) is 21.9 Å². The molecule has 3 aromatic carbocycles. The maximum Gasteiger partial charge on any atom is 0.0634 e. The van der Waals surface area contributed by atoms with Gasteiger partial charge in [0.25, 0.3) is 0 Å². The van der Waals surface area contributed by atoms with Gasteiger partial charge in [0.1, 0.15) is 0 Å². The van der Waals surface area contributed by atoms with E-state index in [1.807, 2.05) is 48.5 Å². The van der Waals surface area contributed by atoms with E-state index in [1.165, 1.54) is 0 Å². The van der Waals surface area contributed by atoms with Crippen LogP contribution in [-0.2, 0) is 0 Å². The van der Waals surface area contributed by atoms with Crippen molar-refractivity contribution in [3.63, 3.8) is 0 Å². The van der Waals surface area contributed by atoms with Crippen LogP contribution in [0.5, 0.6) is 0 Å². The van der Waals surface area contributed by atoms with Gasteiger partial charge in [-0.15, -0.1) is 0 Å². The smallest absolute Gasteiger partial charge is 0.0634 e. The number of nitrogens with two attached hydrogens (primary N) is 2. The van der Waals surface area contributed by atoms with Gasteiger partial charge >= 0.3 is 0 Å². The predicted octanol–water partition coefficient (Wildman–Crippen LogP) is 3.67. The molecule has 0 fully saturated rings. The third-order valence-corrected chi connectivity index (χ3v) is 3.22. The average Bonchev–Trinajstić information content (AvgIpc) is 2.44. The molecule has 88 valence electrons. The molecule has 3 aromatic rings. The molecule has 0 aliphatic carbocycles. The summed E-state index contributed by atoms with van der Waals surface area (Å²) in [6.45, 7) is 0. The zero-order chi connectivity index (χ0) is 12.5. The van der Waals surface area contributed by atoms with Crippen molar-refractivity contribution >= 4 is 22.1 Å². The number of fused-ring (bicyclic) bond motifs is 1. The normalized spacial score (nSPS) is 10.7. The lowest BCUT2D eigenvalue weighted by atomic mass is 9.98. The third-order valence-electron chi connectivity index (χ3n) is 3.22. The molecule has 2 nitrogen and oxygen atoms in total. The van der Waals surface area contributed by atoms with Crippen LogP contribution in [0.1, 0.15) is 0 Å². The molecule has 0 bridgehead atoms. The molecule has 4 N–H and O–H groups in total. The van der Waals surface area contributed by atoms with Crippen molar-refractivity contribution in [3.8, 4) is 11.1 Å². The number of nitrogen functional groups attached to an aromatic ring is 2.